The molecule has 1 N–H and O–H groups in total. The molecule has 0 unspecified atom stereocenters. The van der Waals surface area contributed by atoms with E-state index in [1.165, 1.54) is 7.11 Å². The van der Waals surface area contributed by atoms with Crippen LogP contribution in [0, 0.1) is 5.92 Å². The van der Waals surface area contributed by atoms with Crippen molar-refractivity contribution in [3.05, 3.63) is 12.2 Å². The summed E-state index contributed by atoms with van der Waals surface area (Å²) in [5.41, 5.74) is -0.518. The number of carbonyl (C=O) groups is 2. The van der Waals surface area contributed by atoms with E-state index in [0.29, 0.717) is 12.8 Å². The molecule has 18 heavy (non-hydrogen) atoms. The van der Waals surface area contributed by atoms with Gasteiger partial charge in [-0.15, -0.1) is 0 Å². The Morgan fingerprint density at radius 2 is 2.00 bits per heavy atom. The third kappa shape index (κ3) is 4.77. The highest BCUT2D eigenvalue weighted by molar-refractivity contribution is 5.75. The highest BCUT2D eigenvalue weighted by atomic mass is 16.6. The first-order valence-corrected chi connectivity index (χ1v) is 6.06. The van der Waals surface area contributed by atoms with Crippen LogP contribution in [0.25, 0.3) is 0 Å². The Morgan fingerprint density at radius 1 is 1.33 bits per heavy atom. The normalized spacial score (nSPS) is 23.3. The van der Waals surface area contributed by atoms with Crippen molar-refractivity contribution in [2.24, 2.45) is 5.92 Å². The fourth-order valence-corrected chi connectivity index (χ4v) is 1.81. The van der Waals surface area contributed by atoms with Crippen LogP contribution >= 0.6 is 0 Å². The maximum absolute atomic E-state index is 11.6. The van der Waals surface area contributed by atoms with Crippen molar-refractivity contribution >= 4 is 12.1 Å². The Balaban J connectivity index is 2.47. The molecule has 1 rings (SSSR count). The second-order valence-electron chi connectivity index (χ2n) is 5.37. The van der Waals surface area contributed by atoms with E-state index in [4.69, 9.17) is 4.74 Å². The lowest BCUT2D eigenvalue weighted by molar-refractivity contribution is -0.144. The summed E-state index contributed by atoms with van der Waals surface area (Å²) >= 11 is 0. The average Bonchev–Trinajstić information content (AvgIpc) is 2.25. The lowest BCUT2D eigenvalue weighted by atomic mass is 9.92. The van der Waals surface area contributed by atoms with Crippen molar-refractivity contribution in [2.75, 3.05) is 7.11 Å². The van der Waals surface area contributed by atoms with Crippen LogP contribution in [0.2, 0.25) is 0 Å². The van der Waals surface area contributed by atoms with Gasteiger partial charge in [0.25, 0.3) is 0 Å². The summed E-state index contributed by atoms with van der Waals surface area (Å²) in [4.78, 5) is 23.0. The summed E-state index contributed by atoms with van der Waals surface area (Å²) in [5.74, 6) is -0.564. The maximum atomic E-state index is 11.6. The first kappa shape index (κ1) is 14.5. The smallest absolute Gasteiger partial charge is 0.407 e. The van der Waals surface area contributed by atoms with Crippen LogP contribution in [-0.4, -0.2) is 30.8 Å². The second-order valence-corrected chi connectivity index (χ2v) is 5.37. The number of carbonyl (C=O) groups excluding carboxylic acids is 2. The molecule has 5 heteroatoms. The molecule has 0 aromatic heterocycles. The van der Waals surface area contributed by atoms with Crippen molar-refractivity contribution in [2.45, 2.75) is 45.3 Å². The molecule has 0 aromatic carbocycles. The molecule has 0 aliphatic heterocycles. The average molecular weight is 255 g/mol. The third-order valence-electron chi connectivity index (χ3n) is 2.55. The fraction of sp³-hybridized carbons (Fsp3) is 0.692. The van der Waals surface area contributed by atoms with Crippen molar-refractivity contribution in [1.82, 2.24) is 5.32 Å². The van der Waals surface area contributed by atoms with Gasteiger partial charge in [-0.05, 0) is 33.6 Å². The molecule has 0 fully saturated rings. The van der Waals surface area contributed by atoms with E-state index in [1.807, 2.05) is 32.9 Å². The molecule has 0 saturated carbocycles. The highest BCUT2D eigenvalue weighted by Gasteiger charge is 2.26. The van der Waals surface area contributed by atoms with Gasteiger partial charge in [-0.2, -0.15) is 0 Å². The molecule has 5 nitrogen and oxygen atoms in total. The van der Waals surface area contributed by atoms with Crippen LogP contribution in [0.3, 0.4) is 0 Å². The van der Waals surface area contributed by atoms with E-state index in [1.54, 1.807) is 0 Å². The molecule has 0 saturated heterocycles. The SMILES string of the molecule is COC(=O)[C@H]1C=CC[C@@H](NC(=O)OC(C)(C)C)C1. The van der Waals surface area contributed by atoms with Crippen molar-refractivity contribution in [3.8, 4) is 0 Å². The molecule has 0 spiro atoms. The number of ether oxygens (including phenoxy) is 2. The van der Waals surface area contributed by atoms with E-state index in [0.717, 1.165) is 0 Å². The predicted octanol–water partition coefficient (Wildman–Crippen LogP) is 2.02. The molecular weight excluding hydrogens is 234 g/mol. The maximum Gasteiger partial charge on any atom is 0.407 e. The Labute approximate surface area is 108 Å². The molecule has 0 radical (unpaired) electrons. The molecule has 2 atom stereocenters. The minimum absolute atomic E-state index is 0.0889. The highest BCUT2D eigenvalue weighted by Crippen LogP contribution is 2.19. The Hall–Kier alpha value is -1.52. The topological polar surface area (TPSA) is 64.6 Å². The number of hydrogen-bond donors (Lipinski definition) is 1. The van der Waals surface area contributed by atoms with E-state index < -0.39 is 11.7 Å². The molecule has 102 valence electrons. The van der Waals surface area contributed by atoms with E-state index in [9.17, 15) is 9.59 Å². The summed E-state index contributed by atoms with van der Waals surface area (Å²) in [6.07, 6.45) is 4.49. The third-order valence-corrected chi connectivity index (χ3v) is 2.55. The van der Waals surface area contributed by atoms with Gasteiger partial charge in [0, 0.05) is 6.04 Å². The Morgan fingerprint density at radius 3 is 2.56 bits per heavy atom. The van der Waals surface area contributed by atoms with E-state index >= 15 is 0 Å². The number of amides is 1. The first-order chi connectivity index (χ1) is 8.31. The zero-order valence-corrected chi connectivity index (χ0v) is 11.4. The lowest BCUT2D eigenvalue weighted by Gasteiger charge is -2.26. The molecule has 0 aromatic rings. The second kappa shape index (κ2) is 5.89. The standard InChI is InChI=1S/C13H21NO4/c1-13(2,3)18-12(16)14-10-7-5-6-9(8-10)11(15)17-4/h5-6,9-10H,7-8H2,1-4H3,(H,14,16)/t9-,10+/m0/s1. The molecule has 1 aliphatic rings. The van der Waals surface area contributed by atoms with Gasteiger partial charge in [0.2, 0.25) is 0 Å². The number of alkyl carbamates (subject to hydrolysis) is 1. The van der Waals surface area contributed by atoms with Crippen LogP contribution in [0.1, 0.15) is 33.6 Å². The Bertz CT molecular complexity index is 343. The fourth-order valence-electron chi connectivity index (χ4n) is 1.81. The van der Waals surface area contributed by atoms with Crippen molar-refractivity contribution < 1.29 is 19.1 Å². The summed E-state index contributed by atoms with van der Waals surface area (Å²) in [6, 6.07) is -0.0889. The van der Waals surface area contributed by atoms with Crippen molar-refractivity contribution in [1.29, 1.82) is 0 Å². The van der Waals surface area contributed by atoms with Gasteiger partial charge in [-0.3, -0.25) is 4.79 Å². The number of hydrogen-bond acceptors (Lipinski definition) is 4. The minimum Gasteiger partial charge on any atom is -0.469 e. The first-order valence-electron chi connectivity index (χ1n) is 6.06. The summed E-state index contributed by atoms with van der Waals surface area (Å²) in [7, 11) is 1.36. The largest absolute Gasteiger partial charge is 0.469 e. The summed E-state index contributed by atoms with van der Waals surface area (Å²) in [5, 5.41) is 2.76. The monoisotopic (exact) mass is 255 g/mol. The van der Waals surface area contributed by atoms with Gasteiger partial charge >= 0.3 is 12.1 Å². The van der Waals surface area contributed by atoms with Gasteiger partial charge < -0.3 is 14.8 Å². The van der Waals surface area contributed by atoms with E-state index in [2.05, 4.69) is 10.1 Å². The molecule has 1 aliphatic carbocycles. The van der Waals surface area contributed by atoms with Crippen LogP contribution in [0.15, 0.2) is 12.2 Å². The summed E-state index contributed by atoms with van der Waals surface area (Å²) in [6.45, 7) is 5.43. The lowest BCUT2D eigenvalue weighted by Crippen LogP contribution is -2.41. The van der Waals surface area contributed by atoms with Crippen LogP contribution in [0.4, 0.5) is 4.79 Å². The number of esters is 1. The van der Waals surface area contributed by atoms with E-state index in [-0.39, 0.29) is 17.9 Å². The van der Waals surface area contributed by atoms with Crippen LogP contribution < -0.4 is 5.32 Å². The predicted molar refractivity (Wildman–Crippen MR) is 67.0 cm³/mol. The molecule has 0 heterocycles. The number of rotatable bonds is 2. The molecular formula is C13H21NO4. The Kier molecular flexibility index (Phi) is 4.76. The van der Waals surface area contributed by atoms with Gasteiger partial charge in [-0.1, -0.05) is 12.2 Å². The molecule has 0 bridgehead atoms. The summed E-state index contributed by atoms with van der Waals surface area (Å²) < 4.78 is 9.86. The van der Waals surface area contributed by atoms with Gasteiger partial charge in [0.05, 0.1) is 13.0 Å². The quantitative estimate of drug-likeness (QED) is 0.605. The van der Waals surface area contributed by atoms with Crippen LogP contribution in [0.5, 0.6) is 0 Å². The van der Waals surface area contributed by atoms with Crippen LogP contribution in [-0.2, 0) is 14.3 Å². The van der Waals surface area contributed by atoms with Crippen molar-refractivity contribution in [3.63, 3.8) is 0 Å². The molecule has 1 amide bonds. The van der Waals surface area contributed by atoms with Gasteiger partial charge in [0.15, 0.2) is 0 Å². The number of nitrogens with one attached hydrogen (secondary N) is 1. The zero-order chi connectivity index (χ0) is 13.8. The zero-order valence-electron chi connectivity index (χ0n) is 11.4. The van der Waals surface area contributed by atoms with Gasteiger partial charge in [-0.25, -0.2) is 4.79 Å². The number of methoxy groups -OCH3 is 1. The van der Waals surface area contributed by atoms with Gasteiger partial charge in [0.1, 0.15) is 5.60 Å². The minimum atomic E-state index is -0.518.